The Bertz CT molecular complexity index is 1050. The van der Waals surface area contributed by atoms with Gasteiger partial charge in [0.1, 0.15) is 24.7 Å². The van der Waals surface area contributed by atoms with Crippen LogP contribution in [0.2, 0.25) is 0 Å². The fourth-order valence-electron chi connectivity index (χ4n) is 4.44. The van der Waals surface area contributed by atoms with Crippen LogP contribution in [0.5, 0.6) is 0 Å². The van der Waals surface area contributed by atoms with Gasteiger partial charge in [0.2, 0.25) is 5.91 Å². The second-order valence-electron chi connectivity index (χ2n) is 9.15. The Morgan fingerprint density at radius 3 is 2.59 bits per heavy atom. The van der Waals surface area contributed by atoms with E-state index in [9.17, 15) is 19.5 Å². The van der Waals surface area contributed by atoms with Crippen LogP contribution in [0, 0.1) is 5.92 Å². The Kier molecular flexibility index (Phi) is 6.95. The van der Waals surface area contributed by atoms with Crippen molar-refractivity contribution in [2.24, 2.45) is 5.92 Å². The molecule has 0 unspecified atom stereocenters. The Morgan fingerprint density at radius 1 is 1.21 bits per heavy atom. The lowest BCUT2D eigenvalue weighted by molar-refractivity contribution is -0.175. The molecule has 180 valence electrons. The number of aliphatic hydroxyl groups excluding tert-OH is 1. The van der Waals surface area contributed by atoms with Crippen molar-refractivity contribution in [1.29, 1.82) is 0 Å². The largest absolute Gasteiger partial charge is 0.459 e. The van der Waals surface area contributed by atoms with Crippen LogP contribution < -0.4 is 0 Å². The van der Waals surface area contributed by atoms with Crippen molar-refractivity contribution >= 4 is 29.5 Å². The first-order chi connectivity index (χ1) is 16.2. The molecule has 0 saturated carbocycles. The van der Waals surface area contributed by atoms with Crippen LogP contribution in [0.15, 0.2) is 54.7 Å². The minimum Gasteiger partial charge on any atom is -0.459 e. The van der Waals surface area contributed by atoms with Crippen LogP contribution in [0.4, 0.5) is 0 Å². The molecule has 1 aromatic heterocycles. The third kappa shape index (κ3) is 4.67. The molecule has 1 aromatic carbocycles. The summed E-state index contributed by atoms with van der Waals surface area (Å²) in [5, 5.41) is 10.3. The summed E-state index contributed by atoms with van der Waals surface area (Å²) in [4.78, 5) is 45.9. The van der Waals surface area contributed by atoms with Crippen molar-refractivity contribution in [3.05, 3.63) is 66.0 Å². The molecule has 0 radical (unpaired) electrons. The number of rotatable bonds is 8. The quantitative estimate of drug-likeness (QED) is 0.452. The van der Waals surface area contributed by atoms with Gasteiger partial charge >= 0.3 is 5.97 Å². The lowest BCUT2D eigenvalue weighted by Crippen LogP contribution is -2.67. The van der Waals surface area contributed by atoms with Crippen molar-refractivity contribution in [2.45, 2.75) is 49.1 Å². The molecule has 2 fully saturated rings. The number of carbonyl (C=O) groups excluding carboxylic acids is 3. The van der Waals surface area contributed by atoms with Crippen LogP contribution in [-0.4, -0.2) is 73.5 Å². The number of thioether (sulfide) groups is 1. The second kappa shape index (κ2) is 9.76. The van der Waals surface area contributed by atoms with Crippen molar-refractivity contribution in [3.63, 3.8) is 0 Å². The monoisotopic (exact) mass is 483 g/mol. The molecule has 8 nitrogen and oxygen atoms in total. The average Bonchev–Trinajstić information content (AvgIpc) is 3.08. The SMILES string of the molecule is CN(CCc1ccccn1)C(=O)[C@@H](O)[C@@H]1C(=O)N2[C@@H]1SC(C)(C)[C@@H]2C(=O)OCc1ccccc1. The van der Waals surface area contributed by atoms with Crippen molar-refractivity contribution in [2.75, 3.05) is 13.6 Å². The molecule has 2 saturated heterocycles. The normalized spacial score (nSPS) is 23.6. The van der Waals surface area contributed by atoms with E-state index in [4.69, 9.17) is 4.74 Å². The molecule has 3 heterocycles. The minimum absolute atomic E-state index is 0.120. The number of fused-ring (bicyclic) bond motifs is 1. The summed E-state index contributed by atoms with van der Waals surface area (Å²) in [6.07, 6.45) is 0.763. The van der Waals surface area contributed by atoms with Gasteiger partial charge in [-0.1, -0.05) is 36.4 Å². The van der Waals surface area contributed by atoms with Crippen LogP contribution in [0.1, 0.15) is 25.1 Å². The van der Waals surface area contributed by atoms with Gasteiger partial charge < -0.3 is 19.6 Å². The van der Waals surface area contributed by atoms with E-state index in [2.05, 4.69) is 4.98 Å². The summed E-state index contributed by atoms with van der Waals surface area (Å²) in [5.41, 5.74) is 1.70. The summed E-state index contributed by atoms with van der Waals surface area (Å²) in [6, 6.07) is 14.1. The van der Waals surface area contributed by atoms with E-state index in [0.717, 1.165) is 11.3 Å². The number of aliphatic hydroxyl groups is 1. The Morgan fingerprint density at radius 2 is 1.91 bits per heavy atom. The highest BCUT2D eigenvalue weighted by Crippen LogP contribution is 2.54. The maximum atomic E-state index is 13.0. The first-order valence-electron chi connectivity index (χ1n) is 11.2. The van der Waals surface area contributed by atoms with E-state index in [1.54, 1.807) is 13.2 Å². The number of amides is 2. The zero-order valence-corrected chi connectivity index (χ0v) is 20.3. The Hall–Kier alpha value is -2.91. The molecule has 4 atom stereocenters. The fourth-order valence-corrected chi connectivity index (χ4v) is 6.15. The number of hydrogen-bond acceptors (Lipinski definition) is 7. The molecular weight excluding hydrogens is 454 g/mol. The highest BCUT2D eigenvalue weighted by atomic mass is 32.2. The van der Waals surface area contributed by atoms with E-state index in [0.29, 0.717) is 13.0 Å². The molecule has 2 aromatic rings. The molecule has 0 aliphatic carbocycles. The topological polar surface area (TPSA) is 100 Å². The first kappa shape index (κ1) is 24.2. The molecular formula is C25H29N3O5S. The third-order valence-electron chi connectivity index (χ3n) is 6.33. The van der Waals surface area contributed by atoms with Gasteiger partial charge in [0, 0.05) is 36.7 Å². The molecule has 2 aliphatic heterocycles. The van der Waals surface area contributed by atoms with E-state index in [1.807, 2.05) is 62.4 Å². The standard InChI is InChI=1S/C25H29N3O5S/c1-25(2)20(24(32)33-15-16-9-5-4-6-10-16)28-21(30)18(23(28)34-25)19(29)22(31)27(3)14-12-17-11-7-8-13-26-17/h4-11,13,18-20,23,29H,12,14-15H2,1-3H3/t18-,19+,20+,23-/m1/s1. The smallest absolute Gasteiger partial charge is 0.330 e. The number of nitrogens with zero attached hydrogens (tertiary/aromatic N) is 3. The number of esters is 1. The summed E-state index contributed by atoms with van der Waals surface area (Å²) < 4.78 is 4.90. The summed E-state index contributed by atoms with van der Waals surface area (Å²) >= 11 is 1.42. The predicted octanol–water partition coefficient (Wildman–Crippen LogP) is 1.87. The number of likely N-dealkylation sites (N-methyl/N-ethyl adjacent to an activating group) is 1. The van der Waals surface area contributed by atoms with Gasteiger partial charge in [0.25, 0.3) is 5.91 Å². The number of ether oxygens (including phenoxy) is 1. The van der Waals surface area contributed by atoms with E-state index >= 15 is 0 Å². The predicted molar refractivity (Wildman–Crippen MR) is 127 cm³/mol. The molecule has 34 heavy (non-hydrogen) atoms. The van der Waals surface area contributed by atoms with E-state index in [1.165, 1.54) is 21.6 Å². The molecule has 9 heteroatoms. The van der Waals surface area contributed by atoms with Crippen molar-refractivity contribution < 1.29 is 24.2 Å². The molecule has 1 N–H and O–H groups in total. The van der Waals surface area contributed by atoms with E-state index in [-0.39, 0.29) is 6.61 Å². The summed E-state index contributed by atoms with van der Waals surface area (Å²) in [7, 11) is 1.60. The molecule has 0 spiro atoms. The maximum absolute atomic E-state index is 13.0. The number of aromatic nitrogens is 1. The molecule has 0 bridgehead atoms. The van der Waals surface area contributed by atoms with Crippen LogP contribution >= 0.6 is 11.8 Å². The average molecular weight is 484 g/mol. The van der Waals surface area contributed by atoms with Gasteiger partial charge in [0.15, 0.2) is 0 Å². The first-order valence-corrected chi connectivity index (χ1v) is 12.1. The number of benzene rings is 1. The molecule has 2 amide bonds. The van der Waals surface area contributed by atoms with Gasteiger partial charge in [-0.2, -0.15) is 0 Å². The Balaban J connectivity index is 1.38. The fraction of sp³-hybridized carbons (Fsp3) is 0.440. The van der Waals surface area contributed by atoms with Crippen LogP contribution in [0.25, 0.3) is 0 Å². The van der Waals surface area contributed by atoms with Crippen LogP contribution in [-0.2, 0) is 32.1 Å². The zero-order chi connectivity index (χ0) is 24.5. The molecule has 2 aliphatic rings. The van der Waals surface area contributed by atoms with Gasteiger partial charge in [0.05, 0.1) is 5.37 Å². The maximum Gasteiger partial charge on any atom is 0.330 e. The lowest BCUT2D eigenvalue weighted by atomic mass is 9.87. The second-order valence-corrected chi connectivity index (χ2v) is 10.9. The zero-order valence-electron chi connectivity index (χ0n) is 19.5. The van der Waals surface area contributed by atoms with Gasteiger partial charge in [-0.25, -0.2) is 4.79 Å². The van der Waals surface area contributed by atoms with Gasteiger partial charge in [-0.15, -0.1) is 11.8 Å². The summed E-state index contributed by atoms with van der Waals surface area (Å²) in [5.74, 6) is -2.28. The van der Waals surface area contributed by atoms with E-state index < -0.39 is 46.0 Å². The summed E-state index contributed by atoms with van der Waals surface area (Å²) in [6.45, 7) is 4.24. The minimum atomic E-state index is -1.47. The van der Waals surface area contributed by atoms with Crippen molar-refractivity contribution in [3.8, 4) is 0 Å². The number of pyridine rings is 1. The van der Waals surface area contributed by atoms with Crippen LogP contribution in [0.3, 0.4) is 0 Å². The lowest BCUT2D eigenvalue weighted by Gasteiger charge is -2.45. The Labute approximate surface area is 203 Å². The number of carbonyl (C=O) groups is 3. The number of hydrogen-bond donors (Lipinski definition) is 1. The molecule has 4 rings (SSSR count). The van der Waals surface area contributed by atoms with Gasteiger partial charge in [-0.3, -0.25) is 14.6 Å². The third-order valence-corrected chi connectivity index (χ3v) is 7.92. The highest BCUT2D eigenvalue weighted by molar-refractivity contribution is 8.01. The highest BCUT2D eigenvalue weighted by Gasteiger charge is 2.66. The van der Waals surface area contributed by atoms with Crippen molar-refractivity contribution in [1.82, 2.24) is 14.8 Å². The van der Waals surface area contributed by atoms with Gasteiger partial charge in [-0.05, 0) is 31.5 Å². The number of β-lactam (4-membered cyclic amide) rings is 1.